The van der Waals surface area contributed by atoms with Gasteiger partial charge in [-0.15, -0.1) is 0 Å². The zero-order valence-corrected chi connectivity index (χ0v) is 9.79. The lowest BCUT2D eigenvalue weighted by atomic mass is 10.1. The maximum atomic E-state index is 11.1. The quantitative estimate of drug-likeness (QED) is 0.681. The highest BCUT2D eigenvalue weighted by Gasteiger charge is 2.20. The number of ether oxygens (including phenoxy) is 1. The van der Waals surface area contributed by atoms with E-state index in [1.54, 1.807) is 0 Å². The van der Waals surface area contributed by atoms with Crippen molar-refractivity contribution in [2.75, 3.05) is 33.3 Å². The van der Waals surface area contributed by atoms with E-state index < -0.39 is 0 Å². The highest BCUT2D eigenvalue weighted by Crippen LogP contribution is 2.09. The molecule has 1 rings (SSSR count). The van der Waals surface area contributed by atoms with Gasteiger partial charge in [-0.05, 0) is 32.4 Å². The minimum Gasteiger partial charge on any atom is -0.468 e. The molecule has 0 radical (unpaired) electrons. The summed E-state index contributed by atoms with van der Waals surface area (Å²) in [5.41, 5.74) is 0. The van der Waals surface area contributed by atoms with Crippen molar-refractivity contribution < 1.29 is 9.53 Å². The van der Waals surface area contributed by atoms with Gasteiger partial charge in [-0.3, -0.25) is 9.69 Å². The highest BCUT2D eigenvalue weighted by atomic mass is 16.5. The molecule has 0 aliphatic carbocycles. The van der Waals surface area contributed by atoms with E-state index in [2.05, 4.69) is 21.9 Å². The number of piperidine rings is 1. The normalized spacial score (nSPS) is 22.7. The number of likely N-dealkylation sites (tertiary alicyclic amines) is 1. The average Bonchev–Trinajstić information content (AvgIpc) is 2.26. The molecule has 0 saturated carbocycles. The van der Waals surface area contributed by atoms with E-state index in [1.807, 2.05) is 0 Å². The first-order chi connectivity index (χ1) is 7.26. The van der Waals surface area contributed by atoms with Gasteiger partial charge in [0.2, 0.25) is 0 Å². The summed E-state index contributed by atoms with van der Waals surface area (Å²) < 4.78 is 4.67. The standard InChI is InChI=1S/C11H22N2O2/c1-3-6-12-10-5-4-7-13(8-10)9-11(14)15-2/h10,12H,3-9H2,1-2H3. The van der Waals surface area contributed by atoms with Crippen LogP contribution in [0.5, 0.6) is 0 Å². The maximum absolute atomic E-state index is 11.1. The van der Waals surface area contributed by atoms with Gasteiger partial charge in [0.15, 0.2) is 0 Å². The van der Waals surface area contributed by atoms with Crippen molar-refractivity contribution in [1.82, 2.24) is 10.2 Å². The van der Waals surface area contributed by atoms with Crippen molar-refractivity contribution >= 4 is 5.97 Å². The molecule has 1 N–H and O–H groups in total. The van der Waals surface area contributed by atoms with Gasteiger partial charge in [-0.2, -0.15) is 0 Å². The number of rotatable bonds is 5. The zero-order chi connectivity index (χ0) is 11.1. The lowest BCUT2D eigenvalue weighted by Gasteiger charge is -2.32. The molecule has 88 valence electrons. The molecular formula is C11H22N2O2. The molecule has 1 fully saturated rings. The van der Waals surface area contributed by atoms with Gasteiger partial charge in [-0.1, -0.05) is 6.92 Å². The molecule has 0 aromatic rings. The fourth-order valence-electron chi connectivity index (χ4n) is 1.96. The Hall–Kier alpha value is -0.610. The first-order valence-electron chi connectivity index (χ1n) is 5.78. The Morgan fingerprint density at radius 2 is 2.40 bits per heavy atom. The molecule has 1 unspecified atom stereocenters. The van der Waals surface area contributed by atoms with E-state index in [1.165, 1.54) is 20.0 Å². The number of methoxy groups -OCH3 is 1. The van der Waals surface area contributed by atoms with Gasteiger partial charge in [0, 0.05) is 12.6 Å². The van der Waals surface area contributed by atoms with Gasteiger partial charge >= 0.3 is 5.97 Å². The topological polar surface area (TPSA) is 41.6 Å². The zero-order valence-electron chi connectivity index (χ0n) is 9.79. The number of nitrogens with one attached hydrogen (secondary N) is 1. The third-order valence-corrected chi connectivity index (χ3v) is 2.77. The van der Waals surface area contributed by atoms with Gasteiger partial charge in [0.1, 0.15) is 0 Å². The minimum atomic E-state index is -0.133. The number of esters is 1. The lowest BCUT2D eigenvalue weighted by Crippen LogP contribution is -2.47. The second-order valence-electron chi connectivity index (χ2n) is 4.10. The molecule has 1 atom stereocenters. The van der Waals surface area contributed by atoms with Crippen molar-refractivity contribution in [2.45, 2.75) is 32.2 Å². The van der Waals surface area contributed by atoms with Gasteiger partial charge in [0.05, 0.1) is 13.7 Å². The molecular weight excluding hydrogens is 192 g/mol. The SMILES string of the molecule is CCCNC1CCCN(CC(=O)OC)C1. The number of hydrogen-bond donors (Lipinski definition) is 1. The van der Waals surface area contributed by atoms with Crippen LogP contribution in [0.1, 0.15) is 26.2 Å². The van der Waals surface area contributed by atoms with E-state index in [-0.39, 0.29) is 5.97 Å². The number of nitrogens with zero attached hydrogens (tertiary/aromatic N) is 1. The third kappa shape index (κ3) is 4.62. The number of hydrogen-bond acceptors (Lipinski definition) is 4. The molecule has 0 aromatic carbocycles. The first-order valence-corrected chi connectivity index (χ1v) is 5.78. The molecule has 0 spiro atoms. The summed E-state index contributed by atoms with van der Waals surface area (Å²) in [5, 5.41) is 3.50. The predicted molar refractivity (Wildman–Crippen MR) is 59.8 cm³/mol. The van der Waals surface area contributed by atoms with Crippen LogP contribution in [0, 0.1) is 0 Å². The molecule has 15 heavy (non-hydrogen) atoms. The predicted octanol–water partition coefficient (Wildman–Crippen LogP) is 0.623. The van der Waals surface area contributed by atoms with Crippen LogP contribution in [-0.4, -0.2) is 50.2 Å². The summed E-state index contributed by atoms with van der Waals surface area (Å²) >= 11 is 0. The highest BCUT2D eigenvalue weighted by molar-refractivity contribution is 5.71. The van der Waals surface area contributed by atoms with Crippen LogP contribution in [0.15, 0.2) is 0 Å². The molecule has 4 heteroatoms. The second-order valence-corrected chi connectivity index (χ2v) is 4.10. The smallest absolute Gasteiger partial charge is 0.319 e. The van der Waals surface area contributed by atoms with Gasteiger partial charge < -0.3 is 10.1 Å². The average molecular weight is 214 g/mol. The van der Waals surface area contributed by atoms with Crippen molar-refractivity contribution in [2.24, 2.45) is 0 Å². The Morgan fingerprint density at radius 3 is 3.07 bits per heavy atom. The molecule has 1 heterocycles. The summed E-state index contributed by atoms with van der Waals surface area (Å²) in [4.78, 5) is 13.3. The molecule has 1 aliphatic heterocycles. The fourth-order valence-corrected chi connectivity index (χ4v) is 1.96. The van der Waals surface area contributed by atoms with Crippen LogP contribution in [0.25, 0.3) is 0 Å². The van der Waals surface area contributed by atoms with Crippen LogP contribution in [0.2, 0.25) is 0 Å². The summed E-state index contributed by atoms with van der Waals surface area (Å²) in [5.74, 6) is -0.133. The molecule has 0 bridgehead atoms. The minimum absolute atomic E-state index is 0.133. The van der Waals surface area contributed by atoms with Gasteiger partial charge in [-0.25, -0.2) is 0 Å². The Morgan fingerprint density at radius 1 is 1.60 bits per heavy atom. The summed E-state index contributed by atoms with van der Waals surface area (Å²) in [6.07, 6.45) is 3.55. The first kappa shape index (κ1) is 12.5. The van der Waals surface area contributed by atoms with E-state index in [9.17, 15) is 4.79 Å². The Kier molecular flexibility index (Phi) is 5.65. The van der Waals surface area contributed by atoms with Crippen LogP contribution < -0.4 is 5.32 Å². The Labute approximate surface area is 92.0 Å². The van der Waals surface area contributed by atoms with Crippen molar-refractivity contribution in [1.29, 1.82) is 0 Å². The second kappa shape index (κ2) is 6.80. The fraction of sp³-hybridized carbons (Fsp3) is 0.909. The van der Waals surface area contributed by atoms with Crippen LogP contribution in [0.4, 0.5) is 0 Å². The van der Waals surface area contributed by atoms with E-state index in [4.69, 9.17) is 0 Å². The van der Waals surface area contributed by atoms with Crippen LogP contribution in [0.3, 0.4) is 0 Å². The van der Waals surface area contributed by atoms with Crippen molar-refractivity contribution in [3.8, 4) is 0 Å². The molecule has 1 aliphatic rings. The summed E-state index contributed by atoms with van der Waals surface area (Å²) in [6.45, 7) is 5.65. The number of carbonyl (C=O) groups excluding carboxylic acids is 1. The van der Waals surface area contributed by atoms with E-state index in [0.29, 0.717) is 12.6 Å². The monoisotopic (exact) mass is 214 g/mol. The molecule has 1 saturated heterocycles. The summed E-state index contributed by atoms with van der Waals surface area (Å²) in [6, 6.07) is 0.545. The van der Waals surface area contributed by atoms with E-state index in [0.717, 1.165) is 26.1 Å². The Bertz CT molecular complexity index is 197. The van der Waals surface area contributed by atoms with Crippen molar-refractivity contribution in [3.63, 3.8) is 0 Å². The van der Waals surface area contributed by atoms with Crippen LogP contribution in [-0.2, 0) is 9.53 Å². The number of carbonyl (C=O) groups is 1. The molecule has 0 aromatic heterocycles. The van der Waals surface area contributed by atoms with E-state index >= 15 is 0 Å². The van der Waals surface area contributed by atoms with Gasteiger partial charge in [0.25, 0.3) is 0 Å². The van der Waals surface area contributed by atoms with Crippen molar-refractivity contribution in [3.05, 3.63) is 0 Å². The third-order valence-electron chi connectivity index (χ3n) is 2.77. The maximum Gasteiger partial charge on any atom is 0.319 e. The Balaban J connectivity index is 2.25. The molecule has 0 amide bonds. The van der Waals surface area contributed by atoms with Crippen LogP contribution >= 0.6 is 0 Å². The summed E-state index contributed by atoms with van der Waals surface area (Å²) in [7, 11) is 1.44. The lowest BCUT2D eigenvalue weighted by molar-refractivity contribution is -0.142. The largest absolute Gasteiger partial charge is 0.468 e. The molecule has 4 nitrogen and oxygen atoms in total.